The van der Waals surface area contributed by atoms with Crippen LogP contribution in [0.15, 0.2) is 11.8 Å². The van der Waals surface area contributed by atoms with Crippen molar-refractivity contribution in [1.82, 2.24) is 0 Å². The molecule has 1 fully saturated rings. The van der Waals surface area contributed by atoms with Crippen molar-refractivity contribution in [2.75, 3.05) is 13.2 Å². The third kappa shape index (κ3) is 3.10. The lowest BCUT2D eigenvalue weighted by Gasteiger charge is -2.18. The van der Waals surface area contributed by atoms with Crippen LogP contribution >= 0.6 is 0 Å². The molecule has 1 heterocycles. The van der Waals surface area contributed by atoms with Gasteiger partial charge < -0.3 is 4.74 Å². The summed E-state index contributed by atoms with van der Waals surface area (Å²) in [6.07, 6.45) is 3.78. The van der Waals surface area contributed by atoms with Gasteiger partial charge in [-0.25, -0.2) is 0 Å². The molecule has 1 aliphatic rings. The maximum atomic E-state index is 10.7. The van der Waals surface area contributed by atoms with Crippen molar-refractivity contribution < 1.29 is 9.66 Å². The zero-order valence-corrected chi connectivity index (χ0v) is 8.73. The van der Waals surface area contributed by atoms with Gasteiger partial charge in [0.25, 0.3) is 0 Å². The molecule has 4 heteroatoms. The van der Waals surface area contributed by atoms with Crippen LogP contribution in [0.3, 0.4) is 0 Å². The summed E-state index contributed by atoms with van der Waals surface area (Å²) in [5.74, 6) is 0.207. The Morgan fingerprint density at radius 2 is 2.36 bits per heavy atom. The minimum absolute atomic E-state index is 0.0214. The molecule has 1 rings (SSSR count). The molecule has 0 N–H and O–H groups in total. The first kappa shape index (κ1) is 11.2. The highest BCUT2D eigenvalue weighted by Gasteiger charge is 2.20. The highest BCUT2D eigenvalue weighted by molar-refractivity contribution is 4.99. The van der Waals surface area contributed by atoms with E-state index in [9.17, 15) is 10.1 Å². The molecular weight excluding hydrogens is 182 g/mol. The fourth-order valence-electron chi connectivity index (χ4n) is 1.60. The van der Waals surface area contributed by atoms with Crippen molar-refractivity contribution in [1.29, 1.82) is 0 Å². The number of rotatable bonds is 3. The molecule has 4 nitrogen and oxygen atoms in total. The van der Waals surface area contributed by atoms with Crippen LogP contribution < -0.4 is 0 Å². The van der Waals surface area contributed by atoms with Crippen molar-refractivity contribution in [2.45, 2.75) is 26.7 Å². The third-order valence-corrected chi connectivity index (χ3v) is 2.40. The van der Waals surface area contributed by atoms with Gasteiger partial charge in [0, 0.05) is 18.4 Å². The van der Waals surface area contributed by atoms with E-state index in [1.165, 1.54) is 0 Å². The topological polar surface area (TPSA) is 52.4 Å². The zero-order valence-electron chi connectivity index (χ0n) is 8.73. The largest absolute Gasteiger partial charge is 0.381 e. The fraction of sp³-hybridized carbons (Fsp3) is 0.800. The Morgan fingerprint density at radius 1 is 1.64 bits per heavy atom. The van der Waals surface area contributed by atoms with E-state index in [0.29, 0.717) is 12.3 Å². The molecule has 0 amide bonds. The van der Waals surface area contributed by atoms with Crippen LogP contribution in [0.4, 0.5) is 0 Å². The Hall–Kier alpha value is -0.900. The second-order valence-corrected chi connectivity index (χ2v) is 3.98. The Bertz CT molecular complexity index is 230. The van der Waals surface area contributed by atoms with Crippen LogP contribution in [-0.2, 0) is 4.74 Å². The molecule has 0 bridgehead atoms. The van der Waals surface area contributed by atoms with Gasteiger partial charge in [-0.05, 0) is 18.9 Å². The highest BCUT2D eigenvalue weighted by atomic mass is 16.6. The lowest BCUT2D eigenvalue weighted by Crippen LogP contribution is -2.17. The van der Waals surface area contributed by atoms with Crippen LogP contribution in [0.5, 0.6) is 0 Å². The molecule has 0 radical (unpaired) electrons. The molecule has 1 atom stereocenters. The minimum atomic E-state index is -0.278. The quantitative estimate of drug-likeness (QED) is 0.517. The molecule has 80 valence electrons. The maximum absolute atomic E-state index is 10.7. The predicted molar refractivity (Wildman–Crippen MR) is 53.5 cm³/mol. The van der Waals surface area contributed by atoms with Gasteiger partial charge in [-0.15, -0.1) is 0 Å². The van der Waals surface area contributed by atoms with Gasteiger partial charge in [0.05, 0.1) is 11.5 Å². The molecule has 1 unspecified atom stereocenters. The Kier molecular flexibility index (Phi) is 4.07. The van der Waals surface area contributed by atoms with Crippen molar-refractivity contribution >= 4 is 0 Å². The summed E-state index contributed by atoms with van der Waals surface area (Å²) < 4.78 is 5.28. The van der Waals surface area contributed by atoms with Crippen LogP contribution in [0.2, 0.25) is 0 Å². The van der Waals surface area contributed by atoms with E-state index < -0.39 is 0 Å². The number of hydrogen-bond acceptors (Lipinski definition) is 3. The first-order valence-electron chi connectivity index (χ1n) is 5.05. The minimum Gasteiger partial charge on any atom is -0.381 e. The molecule has 14 heavy (non-hydrogen) atoms. The van der Waals surface area contributed by atoms with Crippen LogP contribution in [0, 0.1) is 22.0 Å². The number of nitro groups is 1. The number of ether oxygens (including phenoxy) is 1. The number of allylic oxidation sites excluding steroid dienone is 1. The van der Waals surface area contributed by atoms with Gasteiger partial charge in [0.1, 0.15) is 0 Å². The monoisotopic (exact) mass is 199 g/mol. The smallest absolute Gasteiger partial charge is 0.245 e. The van der Waals surface area contributed by atoms with E-state index >= 15 is 0 Å². The fourth-order valence-corrected chi connectivity index (χ4v) is 1.60. The molecule has 1 saturated heterocycles. The van der Waals surface area contributed by atoms with E-state index in [1.54, 1.807) is 6.08 Å². The Labute approximate surface area is 84.1 Å². The van der Waals surface area contributed by atoms with Crippen LogP contribution in [0.1, 0.15) is 26.7 Å². The highest BCUT2D eigenvalue weighted by Crippen LogP contribution is 2.20. The van der Waals surface area contributed by atoms with E-state index in [1.807, 2.05) is 13.8 Å². The summed E-state index contributed by atoms with van der Waals surface area (Å²) in [6, 6.07) is 0. The van der Waals surface area contributed by atoms with Gasteiger partial charge in [0.15, 0.2) is 0 Å². The van der Waals surface area contributed by atoms with Crippen molar-refractivity contribution in [3.05, 3.63) is 21.9 Å². The normalized spacial score (nSPS) is 23.9. The predicted octanol–water partition coefficient (Wildman–Crippen LogP) is 2.23. The third-order valence-electron chi connectivity index (χ3n) is 2.40. The van der Waals surface area contributed by atoms with Gasteiger partial charge in [-0.3, -0.25) is 10.1 Å². The van der Waals surface area contributed by atoms with Crippen molar-refractivity contribution in [3.63, 3.8) is 0 Å². The summed E-state index contributed by atoms with van der Waals surface area (Å²) in [5, 5.41) is 10.7. The first-order chi connectivity index (χ1) is 6.61. The Morgan fingerprint density at radius 3 is 2.79 bits per heavy atom. The lowest BCUT2D eigenvalue weighted by molar-refractivity contribution is -0.433. The summed E-state index contributed by atoms with van der Waals surface area (Å²) in [7, 11) is 0. The number of hydrogen-bond donors (Lipinski definition) is 0. The first-order valence-corrected chi connectivity index (χ1v) is 5.05. The van der Waals surface area contributed by atoms with Crippen LogP contribution in [0.25, 0.3) is 0 Å². The van der Waals surface area contributed by atoms with E-state index in [4.69, 9.17) is 4.74 Å². The van der Waals surface area contributed by atoms with E-state index in [2.05, 4.69) is 0 Å². The summed E-state index contributed by atoms with van der Waals surface area (Å²) in [5.41, 5.74) is 0.320. The second-order valence-electron chi connectivity index (χ2n) is 3.98. The van der Waals surface area contributed by atoms with Crippen molar-refractivity contribution in [2.24, 2.45) is 11.8 Å². The number of nitrogens with zero attached hydrogens (tertiary/aromatic N) is 1. The van der Waals surface area contributed by atoms with Crippen molar-refractivity contribution in [3.8, 4) is 0 Å². The molecule has 1 aliphatic heterocycles. The van der Waals surface area contributed by atoms with Gasteiger partial charge in [0.2, 0.25) is 5.70 Å². The summed E-state index contributed by atoms with van der Waals surface area (Å²) in [4.78, 5) is 10.4. The van der Waals surface area contributed by atoms with E-state index in [0.717, 1.165) is 19.4 Å². The lowest BCUT2D eigenvalue weighted by atomic mass is 9.98. The summed E-state index contributed by atoms with van der Waals surface area (Å²) in [6.45, 7) is 5.11. The van der Waals surface area contributed by atoms with E-state index in [-0.39, 0.29) is 16.8 Å². The molecule has 0 aromatic heterocycles. The van der Waals surface area contributed by atoms with Crippen LogP contribution in [-0.4, -0.2) is 18.1 Å². The average Bonchev–Trinajstić information content (AvgIpc) is 2.15. The second kappa shape index (κ2) is 5.10. The van der Waals surface area contributed by atoms with Gasteiger partial charge in [-0.2, -0.15) is 0 Å². The molecule has 0 saturated carbocycles. The Balaban J connectivity index is 2.65. The van der Waals surface area contributed by atoms with Gasteiger partial charge in [-0.1, -0.05) is 13.8 Å². The average molecular weight is 199 g/mol. The molecule has 0 aromatic rings. The molecule has 0 aromatic carbocycles. The molecule has 0 spiro atoms. The van der Waals surface area contributed by atoms with Gasteiger partial charge >= 0.3 is 0 Å². The standard InChI is InChI=1S/C10H17NO3/c1-8(2)10(11(12)13)6-9-4-3-5-14-7-9/h6,8-9H,3-5,7H2,1-2H3. The molecular formula is C10H17NO3. The zero-order chi connectivity index (χ0) is 10.6. The maximum Gasteiger partial charge on any atom is 0.245 e. The molecule has 0 aliphatic carbocycles. The SMILES string of the molecule is CC(C)C(=CC1CCCOC1)[N+](=O)[O-]. The summed E-state index contributed by atoms with van der Waals surface area (Å²) >= 11 is 0.